The quantitative estimate of drug-likeness (QED) is 0.414. The number of carbonyl (C=O) groups is 1. The Morgan fingerprint density at radius 1 is 1.15 bits per heavy atom. The highest BCUT2D eigenvalue weighted by atomic mass is 16.2. The first-order valence-corrected chi connectivity index (χ1v) is 12.0. The summed E-state index contributed by atoms with van der Waals surface area (Å²) in [6.07, 6.45) is 9.54. The molecule has 1 aliphatic heterocycles. The van der Waals surface area contributed by atoms with Gasteiger partial charge < -0.3 is 10.2 Å². The van der Waals surface area contributed by atoms with Crippen molar-refractivity contribution < 1.29 is 4.79 Å². The number of nitrogens with one attached hydrogen (secondary N) is 1. The molecule has 0 radical (unpaired) electrons. The van der Waals surface area contributed by atoms with Gasteiger partial charge in [0.1, 0.15) is 11.5 Å². The van der Waals surface area contributed by atoms with Crippen LogP contribution in [0.5, 0.6) is 0 Å². The molecule has 178 valence electrons. The van der Waals surface area contributed by atoms with Crippen LogP contribution in [0, 0.1) is 5.92 Å². The molecule has 1 aliphatic rings. The minimum atomic E-state index is -0.239. The highest BCUT2D eigenvalue weighted by Gasteiger charge is 2.23. The molecule has 1 saturated heterocycles. The van der Waals surface area contributed by atoms with Crippen LogP contribution in [0.25, 0.3) is 21.9 Å². The number of carbonyl (C=O) groups excluding carboxylic acids is 1. The number of rotatable bonds is 6. The number of nitrogens with zero attached hydrogens (tertiary/aromatic N) is 5. The van der Waals surface area contributed by atoms with Crippen molar-refractivity contribution in [1.82, 2.24) is 19.7 Å². The number of aromatic nitrogens is 3. The summed E-state index contributed by atoms with van der Waals surface area (Å²) in [7, 11) is 1.90. The summed E-state index contributed by atoms with van der Waals surface area (Å²) in [5, 5.41) is 9.20. The standard InChI is InChI=1S/C27H34N6O/c1-6-25(30-19(4)20-9-11-33(12-10-20)18(2)3)27(34)31-26-14-23-13-21(7-8-22(23)15-28-26)24-16-29-32(5)17-24/h6-8,13-18,20H,9-12H2,1-5H3,(H,28,31,34)/b25-6-,30-19?. The first-order valence-electron chi connectivity index (χ1n) is 12.0. The maximum absolute atomic E-state index is 13.0. The molecule has 1 N–H and O–H groups in total. The lowest BCUT2D eigenvalue weighted by molar-refractivity contribution is -0.112. The van der Waals surface area contributed by atoms with Gasteiger partial charge in [-0.1, -0.05) is 18.2 Å². The highest BCUT2D eigenvalue weighted by molar-refractivity contribution is 6.05. The number of amides is 1. The van der Waals surface area contributed by atoms with Gasteiger partial charge >= 0.3 is 0 Å². The van der Waals surface area contributed by atoms with Crippen molar-refractivity contribution >= 4 is 28.2 Å². The average Bonchev–Trinajstić information content (AvgIpc) is 3.28. The second-order valence-electron chi connectivity index (χ2n) is 9.32. The summed E-state index contributed by atoms with van der Waals surface area (Å²) in [4.78, 5) is 24.6. The van der Waals surface area contributed by atoms with Gasteiger partial charge in [0, 0.05) is 42.1 Å². The van der Waals surface area contributed by atoms with Crippen molar-refractivity contribution in [1.29, 1.82) is 0 Å². The molecule has 7 nitrogen and oxygen atoms in total. The second kappa shape index (κ2) is 10.3. The van der Waals surface area contributed by atoms with Crippen molar-refractivity contribution in [3.63, 3.8) is 0 Å². The monoisotopic (exact) mass is 458 g/mol. The number of likely N-dealkylation sites (tertiary alicyclic amines) is 1. The van der Waals surface area contributed by atoms with Crippen molar-refractivity contribution in [3.05, 3.63) is 54.6 Å². The lowest BCUT2D eigenvalue weighted by Crippen LogP contribution is -2.40. The maximum Gasteiger partial charge on any atom is 0.275 e. The summed E-state index contributed by atoms with van der Waals surface area (Å²) >= 11 is 0. The predicted octanol–water partition coefficient (Wildman–Crippen LogP) is 5.06. The van der Waals surface area contributed by atoms with E-state index < -0.39 is 0 Å². The van der Waals surface area contributed by atoms with Crippen LogP contribution in [-0.2, 0) is 11.8 Å². The van der Waals surface area contributed by atoms with Crippen molar-refractivity contribution in [3.8, 4) is 11.1 Å². The molecule has 0 aliphatic carbocycles. The molecule has 2 aromatic heterocycles. The number of anilines is 1. The minimum Gasteiger partial charge on any atom is -0.305 e. The van der Waals surface area contributed by atoms with Crippen LogP contribution in [0.3, 0.4) is 0 Å². The Bertz CT molecular complexity index is 1230. The number of fused-ring (bicyclic) bond motifs is 1. The second-order valence-corrected chi connectivity index (χ2v) is 9.32. The third kappa shape index (κ3) is 5.42. The summed E-state index contributed by atoms with van der Waals surface area (Å²) in [5.74, 6) is 0.692. The van der Waals surface area contributed by atoms with E-state index in [2.05, 4.69) is 46.3 Å². The van der Waals surface area contributed by atoms with Gasteiger partial charge in [0.25, 0.3) is 5.91 Å². The fourth-order valence-corrected chi connectivity index (χ4v) is 4.50. The first kappa shape index (κ1) is 23.8. The predicted molar refractivity (Wildman–Crippen MR) is 139 cm³/mol. The molecule has 1 fully saturated rings. The van der Waals surface area contributed by atoms with Gasteiger partial charge in [-0.2, -0.15) is 5.10 Å². The molecule has 7 heteroatoms. The smallest absolute Gasteiger partial charge is 0.275 e. The van der Waals surface area contributed by atoms with E-state index in [1.165, 1.54) is 0 Å². The summed E-state index contributed by atoms with van der Waals surface area (Å²) in [5.41, 5.74) is 3.57. The van der Waals surface area contributed by atoms with Crippen LogP contribution < -0.4 is 5.32 Å². The highest BCUT2D eigenvalue weighted by Crippen LogP contribution is 2.26. The number of benzene rings is 1. The maximum atomic E-state index is 13.0. The summed E-state index contributed by atoms with van der Waals surface area (Å²) in [6.45, 7) is 10.5. The largest absolute Gasteiger partial charge is 0.305 e. The zero-order valence-electron chi connectivity index (χ0n) is 20.7. The van der Waals surface area contributed by atoms with Crippen LogP contribution >= 0.6 is 0 Å². The molecule has 0 unspecified atom stereocenters. The fourth-order valence-electron chi connectivity index (χ4n) is 4.50. The number of allylic oxidation sites excluding steroid dienone is 1. The topological polar surface area (TPSA) is 75.4 Å². The third-order valence-electron chi connectivity index (χ3n) is 6.66. The summed E-state index contributed by atoms with van der Waals surface area (Å²) < 4.78 is 1.78. The molecule has 3 aromatic rings. The SMILES string of the molecule is C/C=C(\N=C(C)C1CCN(C(C)C)CC1)C(=O)Nc1cc2cc(-c3cnn(C)c3)ccc2cn1. The molecule has 0 saturated carbocycles. The molecule has 1 amide bonds. The van der Waals surface area contributed by atoms with Gasteiger partial charge in [0.2, 0.25) is 0 Å². The number of hydrogen-bond donors (Lipinski definition) is 1. The van der Waals surface area contributed by atoms with E-state index in [4.69, 9.17) is 4.99 Å². The molecule has 0 atom stereocenters. The number of piperidine rings is 1. The van der Waals surface area contributed by atoms with Crippen molar-refractivity contribution in [2.45, 2.75) is 46.6 Å². The van der Waals surface area contributed by atoms with E-state index in [0.29, 0.717) is 23.5 Å². The van der Waals surface area contributed by atoms with Gasteiger partial charge in [-0.05, 0) is 82.6 Å². The fraction of sp³-hybridized carbons (Fsp3) is 0.407. The Kier molecular flexibility index (Phi) is 7.22. The third-order valence-corrected chi connectivity index (χ3v) is 6.66. The number of hydrogen-bond acceptors (Lipinski definition) is 5. The molecule has 0 spiro atoms. The molecular weight excluding hydrogens is 424 g/mol. The Hall–Kier alpha value is -3.32. The molecule has 1 aromatic carbocycles. The van der Waals surface area contributed by atoms with Crippen LogP contribution in [0.1, 0.15) is 40.5 Å². The number of aryl methyl sites for hydroxylation is 1. The van der Waals surface area contributed by atoms with Gasteiger partial charge in [-0.15, -0.1) is 0 Å². The number of pyridine rings is 1. The molecule has 4 rings (SSSR count). The van der Waals surface area contributed by atoms with Crippen LogP contribution in [0.2, 0.25) is 0 Å². The van der Waals surface area contributed by atoms with Gasteiger partial charge in [0.05, 0.1) is 6.20 Å². The Balaban J connectivity index is 1.47. The van der Waals surface area contributed by atoms with E-state index >= 15 is 0 Å². The van der Waals surface area contributed by atoms with E-state index in [1.807, 2.05) is 45.4 Å². The number of aliphatic imine (C=N–C) groups is 1. The van der Waals surface area contributed by atoms with Gasteiger partial charge in [0.15, 0.2) is 0 Å². The summed E-state index contributed by atoms with van der Waals surface area (Å²) in [6, 6.07) is 8.65. The molecule has 34 heavy (non-hydrogen) atoms. The molecule has 0 bridgehead atoms. The Labute approximate surface area is 201 Å². The Morgan fingerprint density at radius 2 is 1.91 bits per heavy atom. The van der Waals surface area contributed by atoms with E-state index in [9.17, 15) is 4.79 Å². The van der Waals surface area contributed by atoms with Crippen molar-refractivity contribution in [2.24, 2.45) is 18.0 Å². The van der Waals surface area contributed by atoms with Crippen LogP contribution in [0.15, 0.2) is 59.6 Å². The average molecular weight is 459 g/mol. The molecular formula is C27H34N6O. The lowest BCUT2D eigenvalue weighted by atomic mass is 9.92. The van der Waals surface area contributed by atoms with Gasteiger partial charge in [-0.3, -0.25) is 14.5 Å². The van der Waals surface area contributed by atoms with E-state index in [-0.39, 0.29) is 5.91 Å². The first-order chi connectivity index (χ1) is 16.3. The molecule has 3 heterocycles. The van der Waals surface area contributed by atoms with Crippen LogP contribution in [0.4, 0.5) is 5.82 Å². The lowest BCUT2D eigenvalue weighted by Gasteiger charge is -2.34. The van der Waals surface area contributed by atoms with Gasteiger partial charge in [-0.25, -0.2) is 4.98 Å². The zero-order valence-corrected chi connectivity index (χ0v) is 20.7. The normalized spacial score (nSPS) is 16.4. The van der Waals surface area contributed by atoms with Crippen molar-refractivity contribution in [2.75, 3.05) is 18.4 Å². The zero-order chi connectivity index (χ0) is 24.2. The Morgan fingerprint density at radius 3 is 2.56 bits per heavy atom. The van der Waals surface area contributed by atoms with E-state index in [1.54, 1.807) is 17.0 Å². The minimum absolute atomic E-state index is 0.239. The van der Waals surface area contributed by atoms with Crippen LogP contribution in [-0.4, -0.2) is 50.4 Å². The van der Waals surface area contributed by atoms with E-state index in [0.717, 1.165) is 53.5 Å².